The SMILES string of the molecule is COCCN(Cc1ccccc1)C(=O)COC(=O)c1ccc(S(C)(=O)=O)cc1. The molecule has 2 aromatic rings. The van der Waals surface area contributed by atoms with Crippen LogP contribution in [0.2, 0.25) is 0 Å². The van der Waals surface area contributed by atoms with E-state index in [1.54, 1.807) is 12.0 Å². The molecule has 2 aromatic carbocycles. The van der Waals surface area contributed by atoms with Crippen molar-refractivity contribution in [1.29, 1.82) is 0 Å². The van der Waals surface area contributed by atoms with E-state index in [4.69, 9.17) is 9.47 Å². The van der Waals surface area contributed by atoms with Crippen molar-refractivity contribution in [2.45, 2.75) is 11.4 Å². The topological polar surface area (TPSA) is 90.0 Å². The highest BCUT2D eigenvalue weighted by Crippen LogP contribution is 2.11. The van der Waals surface area contributed by atoms with Gasteiger partial charge in [-0.3, -0.25) is 4.79 Å². The number of hydrogen-bond donors (Lipinski definition) is 0. The Hall–Kier alpha value is -2.71. The summed E-state index contributed by atoms with van der Waals surface area (Å²) in [4.78, 5) is 26.3. The van der Waals surface area contributed by atoms with Crippen LogP contribution in [0, 0.1) is 0 Å². The molecule has 0 spiro atoms. The van der Waals surface area contributed by atoms with Crippen molar-refractivity contribution in [2.24, 2.45) is 0 Å². The Morgan fingerprint density at radius 2 is 1.64 bits per heavy atom. The van der Waals surface area contributed by atoms with Gasteiger partial charge in [0.2, 0.25) is 0 Å². The molecule has 0 atom stereocenters. The van der Waals surface area contributed by atoms with Gasteiger partial charge in [0, 0.05) is 26.5 Å². The molecule has 0 N–H and O–H groups in total. The summed E-state index contributed by atoms with van der Waals surface area (Å²) in [6.45, 7) is 0.692. The number of methoxy groups -OCH3 is 1. The second kappa shape index (κ2) is 10.0. The lowest BCUT2D eigenvalue weighted by Crippen LogP contribution is -2.36. The first kappa shape index (κ1) is 21.6. The summed E-state index contributed by atoms with van der Waals surface area (Å²) in [5.74, 6) is -1.04. The number of rotatable bonds is 9. The highest BCUT2D eigenvalue weighted by Gasteiger charge is 2.17. The molecule has 0 aliphatic carbocycles. The second-order valence-corrected chi connectivity index (χ2v) is 8.18. The predicted molar refractivity (Wildman–Crippen MR) is 104 cm³/mol. The third-order valence-corrected chi connectivity index (χ3v) is 5.11. The lowest BCUT2D eigenvalue weighted by molar-refractivity contribution is -0.135. The maximum absolute atomic E-state index is 12.5. The number of sulfone groups is 1. The first-order valence-corrected chi connectivity index (χ1v) is 10.5. The number of ether oxygens (including phenoxy) is 2. The Morgan fingerprint density at radius 3 is 2.21 bits per heavy atom. The summed E-state index contributed by atoms with van der Waals surface area (Å²) in [6, 6.07) is 14.8. The fraction of sp³-hybridized carbons (Fsp3) is 0.300. The van der Waals surface area contributed by atoms with E-state index >= 15 is 0 Å². The van der Waals surface area contributed by atoms with E-state index in [0.29, 0.717) is 19.7 Å². The van der Waals surface area contributed by atoms with Crippen molar-refractivity contribution in [3.05, 3.63) is 65.7 Å². The first-order chi connectivity index (χ1) is 13.3. The molecule has 0 heterocycles. The number of amides is 1. The van der Waals surface area contributed by atoms with Gasteiger partial charge in [0.1, 0.15) is 0 Å². The van der Waals surface area contributed by atoms with Crippen molar-refractivity contribution in [3.8, 4) is 0 Å². The maximum atomic E-state index is 12.5. The highest BCUT2D eigenvalue weighted by molar-refractivity contribution is 7.90. The average Bonchev–Trinajstić information content (AvgIpc) is 2.69. The van der Waals surface area contributed by atoms with Crippen LogP contribution in [0.3, 0.4) is 0 Å². The van der Waals surface area contributed by atoms with Crippen LogP contribution >= 0.6 is 0 Å². The zero-order chi connectivity index (χ0) is 20.6. The Labute approximate surface area is 164 Å². The summed E-state index contributed by atoms with van der Waals surface area (Å²) < 4.78 is 33.1. The van der Waals surface area contributed by atoms with E-state index in [9.17, 15) is 18.0 Å². The van der Waals surface area contributed by atoms with Gasteiger partial charge < -0.3 is 14.4 Å². The fourth-order valence-corrected chi connectivity index (χ4v) is 3.07. The molecular formula is C20H23NO6S. The molecular weight excluding hydrogens is 382 g/mol. The highest BCUT2D eigenvalue weighted by atomic mass is 32.2. The zero-order valence-corrected chi connectivity index (χ0v) is 16.6. The van der Waals surface area contributed by atoms with E-state index in [1.807, 2.05) is 30.3 Å². The van der Waals surface area contributed by atoms with Gasteiger partial charge in [-0.25, -0.2) is 13.2 Å². The van der Waals surface area contributed by atoms with E-state index in [0.717, 1.165) is 11.8 Å². The summed E-state index contributed by atoms with van der Waals surface area (Å²) in [6.07, 6.45) is 1.08. The largest absolute Gasteiger partial charge is 0.452 e. The fourth-order valence-electron chi connectivity index (χ4n) is 2.44. The molecule has 0 saturated heterocycles. The van der Waals surface area contributed by atoms with Gasteiger partial charge in [0.15, 0.2) is 16.4 Å². The van der Waals surface area contributed by atoms with Crippen molar-refractivity contribution >= 4 is 21.7 Å². The molecule has 0 saturated carbocycles. The van der Waals surface area contributed by atoms with Crippen molar-refractivity contribution < 1.29 is 27.5 Å². The molecule has 150 valence electrons. The predicted octanol–water partition coefficient (Wildman–Crippen LogP) is 1.92. The third kappa shape index (κ3) is 6.47. The van der Waals surface area contributed by atoms with Crippen LogP contribution in [0.5, 0.6) is 0 Å². The van der Waals surface area contributed by atoms with Crippen LogP contribution in [-0.2, 0) is 30.7 Å². The van der Waals surface area contributed by atoms with Crippen molar-refractivity contribution in [3.63, 3.8) is 0 Å². The smallest absolute Gasteiger partial charge is 0.338 e. The molecule has 2 rings (SSSR count). The van der Waals surface area contributed by atoms with Gasteiger partial charge in [-0.1, -0.05) is 30.3 Å². The Morgan fingerprint density at radius 1 is 1.00 bits per heavy atom. The van der Waals surface area contributed by atoms with Crippen molar-refractivity contribution in [2.75, 3.05) is 33.1 Å². The minimum Gasteiger partial charge on any atom is -0.452 e. The summed E-state index contributed by atoms with van der Waals surface area (Å²) in [5.41, 5.74) is 1.13. The number of carbonyl (C=O) groups excluding carboxylic acids is 2. The van der Waals surface area contributed by atoms with E-state index in [2.05, 4.69) is 0 Å². The molecule has 8 heteroatoms. The van der Waals surface area contributed by atoms with E-state index < -0.39 is 22.4 Å². The van der Waals surface area contributed by atoms with E-state index in [-0.39, 0.29) is 16.4 Å². The van der Waals surface area contributed by atoms with Crippen LogP contribution in [-0.4, -0.2) is 58.3 Å². The quantitative estimate of drug-likeness (QED) is 0.592. The maximum Gasteiger partial charge on any atom is 0.338 e. The van der Waals surface area contributed by atoms with Gasteiger partial charge in [-0.15, -0.1) is 0 Å². The van der Waals surface area contributed by atoms with Gasteiger partial charge >= 0.3 is 5.97 Å². The molecule has 28 heavy (non-hydrogen) atoms. The first-order valence-electron chi connectivity index (χ1n) is 8.59. The minimum atomic E-state index is -3.35. The number of benzene rings is 2. The summed E-state index contributed by atoms with van der Waals surface area (Å²) in [7, 11) is -1.80. The van der Waals surface area contributed by atoms with Gasteiger partial charge in [0.05, 0.1) is 17.1 Å². The minimum absolute atomic E-state index is 0.105. The molecule has 0 radical (unpaired) electrons. The molecule has 0 aromatic heterocycles. The molecule has 0 bridgehead atoms. The molecule has 7 nitrogen and oxygen atoms in total. The van der Waals surface area contributed by atoms with Gasteiger partial charge in [-0.05, 0) is 29.8 Å². The Kier molecular flexibility index (Phi) is 7.71. The van der Waals surface area contributed by atoms with Crippen LogP contribution < -0.4 is 0 Å². The number of nitrogens with zero attached hydrogens (tertiary/aromatic N) is 1. The molecule has 0 aliphatic heterocycles. The van der Waals surface area contributed by atoms with Crippen LogP contribution in [0.1, 0.15) is 15.9 Å². The van der Waals surface area contributed by atoms with Gasteiger partial charge in [0.25, 0.3) is 5.91 Å². The average molecular weight is 405 g/mol. The third-order valence-electron chi connectivity index (χ3n) is 3.98. The van der Waals surface area contributed by atoms with E-state index in [1.165, 1.54) is 24.3 Å². The standard InChI is InChI=1S/C20H23NO6S/c1-26-13-12-21(14-16-6-4-3-5-7-16)19(22)15-27-20(23)17-8-10-18(11-9-17)28(2,24)25/h3-11H,12-15H2,1-2H3. The van der Waals surface area contributed by atoms with Crippen LogP contribution in [0.25, 0.3) is 0 Å². The number of hydrogen-bond acceptors (Lipinski definition) is 6. The zero-order valence-electron chi connectivity index (χ0n) is 15.8. The number of carbonyl (C=O) groups is 2. The molecule has 0 aliphatic rings. The Bertz CT molecular complexity index is 894. The number of esters is 1. The molecule has 1 amide bonds. The second-order valence-electron chi connectivity index (χ2n) is 6.17. The van der Waals surface area contributed by atoms with Crippen LogP contribution in [0.4, 0.5) is 0 Å². The van der Waals surface area contributed by atoms with Crippen LogP contribution in [0.15, 0.2) is 59.5 Å². The lowest BCUT2D eigenvalue weighted by Gasteiger charge is -2.22. The Balaban J connectivity index is 1.97. The van der Waals surface area contributed by atoms with Gasteiger partial charge in [-0.2, -0.15) is 0 Å². The normalized spacial score (nSPS) is 11.1. The molecule has 0 fully saturated rings. The molecule has 0 unspecified atom stereocenters. The lowest BCUT2D eigenvalue weighted by atomic mass is 10.2. The monoisotopic (exact) mass is 405 g/mol. The summed E-state index contributed by atoms with van der Waals surface area (Å²) in [5, 5.41) is 0. The van der Waals surface area contributed by atoms with Crippen molar-refractivity contribution in [1.82, 2.24) is 4.90 Å². The summed E-state index contributed by atoms with van der Waals surface area (Å²) >= 11 is 0.